The van der Waals surface area contributed by atoms with Gasteiger partial charge in [0.2, 0.25) is 11.8 Å². The van der Waals surface area contributed by atoms with Gasteiger partial charge >= 0.3 is 0 Å². The highest BCUT2D eigenvalue weighted by atomic mass is 35.5. The van der Waals surface area contributed by atoms with Gasteiger partial charge in [-0.05, 0) is 30.7 Å². The van der Waals surface area contributed by atoms with E-state index in [0.717, 1.165) is 11.8 Å². The number of amides is 2. The minimum Gasteiger partial charge on any atom is -0.326 e. The molecule has 0 aliphatic rings. The maximum absolute atomic E-state index is 12.6. The summed E-state index contributed by atoms with van der Waals surface area (Å²) in [5.74, 6) is -0.502. The number of nitrogens with one attached hydrogen (secondary N) is 3. The summed E-state index contributed by atoms with van der Waals surface area (Å²) in [4.78, 5) is 39.4. The molecule has 0 bridgehead atoms. The Bertz CT molecular complexity index is 1170. The predicted molar refractivity (Wildman–Crippen MR) is 122 cm³/mol. The number of thioether (sulfide) groups is 1. The highest BCUT2D eigenvalue weighted by molar-refractivity contribution is 8.00. The van der Waals surface area contributed by atoms with Crippen molar-refractivity contribution in [2.24, 2.45) is 0 Å². The third-order valence-electron chi connectivity index (χ3n) is 4.18. The first kappa shape index (κ1) is 22.5. The summed E-state index contributed by atoms with van der Waals surface area (Å²) in [7, 11) is 0. The van der Waals surface area contributed by atoms with Gasteiger partial charge in [0.25, 0.3) is 5.56 Å². The second-order valence-corrected chi connectivity index (χ2v) is 8.18. The van der Waals surface area contributed by atoms with Gasteiger partial charge in [0, 0.05) is 23.2 Å². The fraction of sp³-hybridized carbons (Fsp3) is 0.190. The van der Waals surface area contributed by atoms with Crippen molar-refractivity contribution in [2.45, 2.75) is 30.7 Å². The van der Waals surface area contributed by atoms with Crippen LogP contribution in [0.5, 0.6) is 0 Å². The number of nitrogens with zero attached hydrogens (tertiary/aromatic N) is 2. The monoisotopic (exact) mass is 457 g/mol. The number of anilines is 2. The molecule has 10 heteroatoms. The van der Waals surface area contributed by atoms with E-state index in [1.165, 1.54) is 6.92 Å². The number of rotatable bonds is 7. The van der Waals surface area contributed by atoms with Crippen molar-refractivity contribution in [1.29, 1.82) is 0 Å². The number of carbonyl (C=O) groups is 2. The standard InChI is InChI=1S/C21H20ClN5O3S/c1-3-17(19(29)24-14-8-6-7-13(22)11-14)31-21-25-20(30)18(26-27-21)15-9-4-5-10-16(15)23-12(2)28/h4-11,17H,3H2,1-2H3,(H,23,28)(H,24,29)(H,25,27,30)/t17-/m0/s1. The largest absolute Gasteiger partial charge is 0.326 e. The Morgan fingerprint density at radius 2 is 1.90 bits per heavy atom. The first-order chi connectivity index (χ1) is 14.9. The van der Waals surface area contributed by atoms with Crippen molar-refractivity contribution < 1.29 is 9.59 Å². The van der Waals surface area contributed by atoms with Crippen molar-refractivity contribution >= 4 is 46.6 Å². The van der Waals surface area contributed by atoms with Crippen LogP contribution < -0.4 is 16.2 Å². The van der Waals surface area contributed by atoms with Crippen molar-refractivity contribution in [3.63, 3.8) is 0 Å². The number of benzene rings is 2. The Kier molecular flexibility index (Phi) is 7.43. The summed E-state index contributed by atoms with van der Waals surface area (Å²) in [6.45, 7) is 3.24. The molecule has 1 atom stereocenters. The fourth-order valence-electron chi connectivity index (χ4n) is 2.79. The molecule has 0 unspecified atom stereocenters. The van der Waals surface area contributed by atoms with Gasteiger partial charge in [0.15, 0.2) is 10.9 Å². The van der Waals surface area contributed by atoms with Crippen LogP contribution in [0.3, 0.4) is 0 Å². The van der Waals surface area contributed by atoms with Crippen LogP contribution in [0.2, 0.25) is 5.02 Å². The third-order valence-corrected chi connectivity index (χ3v) is 5.65. The number of hydrogen-bond acceptors (Lipinski definition) is 6. The van der Waals surface area contributed by atoms with Crippen LogP contribution >= 0.6 is 23.4 Å². The third kappa shape index (κ3) is 5.93. The molecule has 0 aliphatic heterocycles. The SMILES string of the molecule is CC[C@H](Sc1nnc(-c2ccccc2NC(C)=O)c(=O)[nH]1)C(=O)Nc1cccc(Cl)c1. The lowest BCUT2D eigenvalue weighted by Crippen LogP contribution is -2.25. The summed E-state index contributed by atoms with van der Waals surface area (Å²) in [5, 5.41) is 13.8. The minimum atomic E-state index is -0.499. The number of hydrogen-bond donors (Lipinski definition) is 3. The molecule has 2 aromatic carbocycles. The van der Waals surface area contributed by atoms with Gasteiger partial charge < -0.3 is 10.6 Å². The topological polar surface area (TPSA) is 117 Å². The minimum absolute atomic E-state index is 0.0742. The van der Waals surface area contributed by atoms with Crippen molar-refractivity contribution in [3.05, 3.63) is 63.9 Å². The fourth-order valence-corrected chi connectivity index (χ4v) is 3.82. The van der Waals surface area contributed by atoms with Gasteiger partial charge in [-0.15, -0.1) is 10.2 Å². The van der Waals surface area contributed by atoms with Crippen LogP contribution in [0.25, 0.3) is 11.3 Å². The molecule has 8 nitrogen and oxygen atoms in total. The molecule has 31 heavy (non-hydrogen) atoms. The second kappa shape index (κ2) is 10.2. The lowest BCUT2D eigenvalue weighted by molar-refractivity contribution is -0.116. The molecule has 1 heterocycles. The molecule has 160 valence electrons. The number of carbonyl (C=O) groups excluding carboxylic acids is 2. The van der Waals surface area contributed by atoms with E-state index in [9.17, 15) is 14.4 Å². The zero-order valence-corrected chi connectivity index (χ0v) is 18.4. The summed E-state index contributed by atoms with van der Waals surface area (Å²) in [6, 6.07) is 13.7. The van der Waals surface area contributed by atoms with E-state index >= 15 is 0 Å². The first-order valence-electron chi connectivity index (χ1n) is 9.44. The molecule has 0 saturated heterocycles. The maximum atomic E-state index is 12.6. The number of halogens is 1. The zero-order valence-electron chi connectivity index (χ0n) is 16.8. The average molecular weight is 458 g/mol. The van der Waals surface area contributed by atoms with Gasteiger partial charge in [-0.1, -0.05) is 54.6 Å². The molecule has 0 aliphatic carbocycles. The first-order valence-corrected chi connectivity index (χ1v) is 10.7. The summed E-state index contributed by atoms with van der Waals surface area (Å²) in [5.41, 5.74) is 1.10. The smallest absolute Gasteiger partial charge is 0.278 e. The Balaban J connectivity index is 1.79. The highest BCUT2D eigenvalue weighted by Crippen LogP contribution is 2.26. The molecule has 0 fully saturated rings. The lowest BCUT2D eigenvalue weighted by atomic mass is 10.1. The number of aromatic nitrogens is 3. The Morgan fingerprint density at radius 1 is 1.13 bits per heavy atom. The van der Waals surface area contributed by atoms with E-state index in [1.54, 1.807) is 48.5 Å². The van der Waals surface area contributed by atoms with E-state index in [-0.39, 0.29) is 22.7 Å². The van der Waals surface area contributed by atoms with Crippen molar-refractivity contribution in [3.8, 4) is 11.3 Å². The second-order valence-electron chi connectivity index (χ2n) is 6.55. The van der Waals surface area contributed by atoms with Crippen LogP contribution in [0, 0.1) is 0 Å². The van der Waals surface area contributed by atoms with Crippen molar-refractivity contribution in [2.75, 3.05) is 10.6 Å². The molecule has 0 spiro atoms. The molecule has 3 rings (SSSR count). The van der Waals surface area contributed by atoms with E-state index in [2.05, 4.69) is 25.8 Å². The van der Waals surface area contributed by atoms with Crippen LogP contribution in [0.4, 0.5) is 11.4 Å². The molecule has 0 saturated carbocycles. The quantitative estimate of drug-likeness (QED) is 0.462. The molecular formula is C21H20ClN5O3S. The molecule has 3 aromatic rings. The summed E-state index contributed by atoms with van der Waals surface area (Å²) < 4.78 is 0. The number of para-hydroxylation sites is 1. The van der Waals surface area contributed by atoms with Crippen LogP contribution in [0.15, 0.2) is 58.5 Å². The van der Waals surface area contributed by atoms with Crippen LogP contribution in [-0.2, 0) is 9.59 Å². The van der Waals surface area contributed by atoms with E-state index in [4.69, 9.17) is 11.6 Å². The van der Waals surface area contributed by atoms with E-state index < -0.39 is 10.8 Å². The average Bonchev–Trinajstić information content (AvgIpc) is 2.72. The maximum Gasteiger partial charge on any atom is 0.278 e. The summed E-state index contributed by atoms with van der Waals surface area (Å²) >= 11 is 7.06. The van der Waals surface area contributed by atoms with Gasteiger partial charge in [-0.3, -0.25) is 19.4 Å². The Morgan fingerprint density at radius 3 is 2.58 bits per heavy atom. The predicted octanol–water partition coefficient (Wildman–Crippen LogP) is 3.95. The van der Waals surface area contributed by atoms with Gasteiger partial charge in [0.05, 0.1) is 10.9 Å². The molecule has 1 aromatic heterocycles. The van der Waals surface area contributed by atoms with E-state index in [1.807, 2.05) is 6.92 Å². The van der Waals surface area contributed by atoms with Gasteiger partial charge in [-0.25, -0.2) is 0 Å². The Labute approximate surface area is 187 Å². The van der Waals surface area contributed by atoms with E-state index in [0.29, 0.717) is 28.4 Å². The number of aromatic amines is 1. The highest BCUT2D eigenvalue weighted by Gasteiger charge is 2.21. The van der Waals surface area contributed by atoms with Gasteiger partial charge in [0.1, 0.15) is 0 Å². The molecule has 2 amide bonds. The van der Waals surface area contributed by atoms with Crippen molar-refractivity contribution in [1.82, 2.24) is 15.2 Å². The number of H-pyrrole nitrogens is 1. The van der Waals surface area contributed by atoms with Gasteiger partial charge in [-0.2, -0.15) is 0 Å². The summed E-state index contributed by atoms with van der Waals surface area (Å²) in [6.07, 6.45) is 0.508. The molecule has 0 radical (unpaired) electrons. The van der Waals surface area contributed by atoms with Crippen LogP contribution in [-0.4, -0.2) is 32.2 Å². The molecule has 3 N–H and O–H groups in total. The Hall–Kier alpha value is -3.17. The zero-order chi connectivity index (χ0) is 22.4. The molecular weight excluding hydrogens is 438 g/mol. The normalized spacial score (nSPS) is 11.6. The lowest BCUT2D eigenvalue weighted by Gasteiger charge is -2.14. The van der Waals surface area contributed by atoms with Crippen LogP contribution in [0.1, 0.15) is 20.3 Å².